The van der Waals surface area contributed by atoms with Gasteiger partial charge in [0.05, 0.1) is 5.41 Å². The molecule has 33 heavy (non-hydrogen) atoms. The standard InChI is InChI=1S/C28H23FN2OS/c1-28(26(32)31-27-30-16-19(33-27)14-17-10-12-18(29)13-11-17)15-24-20-6-2-4-8-22(20)25(28)23-9-5-3-7-21(23)24/h2-13,16,24-25H,14-15H2,1H3,(H,30,31,32). The van der Waals surface area contributed by atoms with Crippen LogP contribution in [0, 0.1) is 11.2 Å². The van der Waals surface area contributed by atoms with Gasteiger partial charge in [0, 0.05) is 29.3 Å². The van der Waals surface area contributed by atoms with Crippen LogP contribution in [0.4, 0.5) is 9.52 Å². The van der Waals surface area contributed by atoms with Crippen LogP contribution in [-0.4, -0.2) is 10.9 Å². The molecule has 4 aromatic rings. The summed E-state index contributed by atoms with van der Waals surface area (Å²) < 4.78 is 13.2. The summed E-state index contributed by atoms with van der Waals surface area (Å²) in [5, 5.41) is 3.73. The Kier molecular flexibility index (Phi) is 4.70. The number of halogens is 1. The van der Waals surface area contributed by atoms with E-state index in [1.165, 1.54) is 45.7 Å². The fourth-order valence-electron chi connectivity index (χ4n) is 5.68. The van der Waals surface area contributed by atoms with Crippen LogP contribution in [0.3, 0.4) is 0 Å². The van der Waals surface area contributed by atoms with Crippen molar-refractivity contribution in [2.75, 3.05) is 5.32 Å². The molecule has 2 bridgehead atoms. The maximum atomic E-state index is 13.7. The van der Waals surface area contributed by atoms with Crippen LogP contribution >= 0.6 is 11.3 Å². The fraction of sp³-hybridized carbons (Fsp3) is 0.214. The Balaban J connectivity index is 1.28. The minimum absolute atomic E-state index is 0.0178. The quantitative estimate of drug-likeness (QED) is 0.382. The molecule has 3 aliphatic carbocycles. The Labute approximate surface area is 196 Å². The van der Waals surface area contributed by atoms with E-state index in [1.54, 1.807) is 18.3 Å². The molecule has 1 unspecified atom stereocenters. The predicted octanol–water partition coefficient (Wildman–Crippen LogP) is 6.50. The van der Waals surface area contributed by atoms with E-state index in [2.05, 4.69) is 65.8 Å². The van der Waals surface area contributed by atoms with E-state index in [0.717, 1.165) is 16.9 Å². The van der Waals surface area contributed by atoms with Crippen LogP contribution in [-0.2, 0) is 11.2 Å². The van der Waals surface area contributed by atoms with Crippen molar-refractivity contribution in [3.63, 3.8) is 0 Å². The van der Waals surface area contributed by atoms with Crippen molar-refractivity contribution in [3.05, 3.63) is 118 Å². The van der Waals surface area contributed by atoms with E-state index in [1.807, 2.05) is 0 Å². The molecule has 3 nitrogen and oxygen atoms in total. The predicted molar refractivity (Wildman–Crippen MR) is 129 cm³/mol. The third-order valence-corrected chi connectivity index (χ3v) is 8.13. The lowest BCUT2D eigenvalue weighted by Gasteiger charge is -2.50. The van der Waals surface area contributed by atoms with E-state index >= 15 is 0 Å². The van der Waals surface area contributed by atoms with Gasteiger partial charge in [-0.15, -0.1) is 11.3 Å². The zero-order chi connectivity index (χ0) is 22.6. The molecule has 0 aliphatic heterocycles. The van der Waals surface area contributed by atoms with Crippen LogP contribution in [0.2, 0.25) is 0 Å². The van der Waals surface area contributed by atoms with Gasteiger partial charge in [-0.3, -0.25) is 4.79 Å². The molecule has 1 N–H and O–H groups in total. The first kappa shape index (κ1) is 20.3. The molecule has 164 valence electrons. The van der Waals surface area contributed by atoms with Gasteiger partial charge in [-0.1, -0.05) is 60.7 Å². The van der Waals surface area contributed by atoms with Gasteiger partial charge in [-0.25, -0.2) is 9.37 Å². The lowest BCUT2D eigenvalue weighted by molar-refractivity contribution is -0.126. The fourth-order valence-corrected chi connectivity index (χ4v) is 6.52. The number of nitrogens with zero attached hydrogens (tertiary/aromatic N) is 1. The first-order valence-corrected chi connectivity index (χ1v) is 12.0. The molecule has 1 aromatic heterocycles. The van der Waals surface area contributed by atoms with E-state index in [-0.39, 0.29) is 23.6 Å². The van der Waals surface area contributed by atoms with Gasteiger partial charge >= 0.3 is 0 Å². The Bertz CT molecular complexity index is 1310. The van der Waals surface area contributed by atoms with E-state index in [0.29, 0.717) is 11.6 Å². The van der Waals surface area contributed by atoms with Crippen molar-refractivity contribution in [2.45, 2.75) is 31.6 Å². The molecule has 1 amide bonds. The minimum atomic E-state index is -0.559. The van der Waals surface area contributed by atoms with Crippen LogP contribution in [0.1, 0.15) is 57.9 Å². The van der Waals surface area contributed by atoms with Crippen LogP contribution < -0.4 is 5.32 Å². The molecule has 0 saturated carbocycles. The van der Waals surface area contributed by atoms with Crippen molar-refractivity contribution >= 4 is 22.4 Å². The van der Waals surface area contributed by atoms with Crippen LogP contribution in [0.5, 0.6) is 0 Å². The summed E-state index contributed by atoms with van der Waals surface area (Å²) in [7, 11) is 0. The van der Waals surface area contributed by atoms with Crippen LogP contribution in [0.15, 0.2) is 79.0 Å². The number of carbonyl (C=O) groups excluding carboxylic acids is 1. The Morgan fingerprint density at radius 2 is 1.61 bits per heavy atom. The summed E-state index contributed by atoms with van der Waals surface area (Å²) in [6.07, 6.45) is 3.24. The second kappa shape index (κ2) is 7.63. The van der Waals surface area contributed by atoms with Gasteiger partial charge in [-0.05, 0) is 53.3 Å². The number of hydrogen-bond donors (Lipinski definition) is 1. The molecule has 7 rings (SSSR count). The lowest BCUT2D eigenvalue weighted by Crippen LogP contribution is -2.47. The number of fused-ring (bicyclic) bond motifs is 1. The highest BCUT2D eigenvalue weighted by atomic mass is 32.1. The summed E-state index contributed by atoms with van der Waals surface area (Å²) in [6, 6.07) is 23.6. The second-order valence-electron chi connectivity index (χ2n) is 9.25. The smallest absolute Gasteiger partial charge is 0.233 e. The first-order valence-electron chi connectivity index (χ1n) is 11.2. The van der Waals surface area contributed by atoms with Gasteiger partial charge < -0.3 is 5.32 Å². The minimum Gasteiger partial charge on any atom is -0.301 e. The van der Waals surface area contributed by atoms with Crippen molar-refractivity contribution in [3.8, 4) is 0 Å². The van der Waals surface area contributed by atoms with Crippen LogP contribution in [0.25, 0.3) is 0 Å². The average molecular weight is 455 g/mol. The number of nitrogens with one attached hydrogen (secondary N) is 1. The van der Waals surface area contributed by atoms with E-state index in [9.17, 15) is 9.18 Å². The molecular weight excluding hydrogens is 431 g/mol. The highest BCUT2D eigenvalue weighted by Crippen LogP contribution is 2.61. The molecule has 5 heteroatoms. The molecule has 3 aromatic carbocycles. The zero-order valence-electron chi connectivity index (χ0n) is 18.2. The lowest BCUT2D eigenvalue weighted by atomic mass is 9.52. The summed E-state index contributed by atoms with van der Waals surface area (Å²) in [6.45, 7) is 2.10. The summed E-state index contributed by atoms with van der Waals surface area (Å²) in [5.74, 6) is 0.0235. The molecule has 0 fully saturated rings. The van der Waals surface area contributed by atoms with Gasteiger partial charge in [-0.2, -0.15) is 0 Å². The average Bonchev–Trinajstić information content (AvgIpc) is 3.27. The maximum absolute atomic E-state index is 13.7. The van der Waals surface area contributed by atoms with Gasteiger partial charge in [0.1, 0.15) is 5.82 Å². The molecule has 0 saturated heterocycles. The van der Waals surface area contributed by atoms with Crippen molar-refractivity contribution in [2.24, 2.45) is 5.41 Å². The zero-order valence-corrected chi connectivity index (χ0v) is 19.0. The Morgan fingerprint density at radius 1 is 1.00 bits per heavy atom. The number of benzene rings is 3. The number of amides is 1. The molecule has 1 atom stereocenters. The van der Waals surface area contributed by atoms with Gasteiger partial charge in [0.2, 0.25) is 5.91 Å². The second-order valence-corrected chi connectivity index (χ2v) is 10.4. The summed E-state index contributed by atoms with van der Waals surface area (Å²) >= 11 is 1.48. The van der Waals surface area contributed by atoms with Gasteiger partial charge in [0.15, 0.2) is 5.13 Å². The number of thiazole rings is 1. The molecule has 0 radical (unpaired) electrons. The third kappa shape index (κ3) is 3.30. The monoisotopic (exact) mass is 454 g/mol. The highest BCUT2D eigenvalue weighted by Gasteiger charge is 2.53. The SMILES string of the molecule is CC1(C(=O)Nc2ncc(Cc3ccc(F)cc3)s2)CC2c3ccccc3C1c1ccccc12. The van der Waals surface area contributed by atoms with Crippen molar-refractivity contribution in [1.29, 1.82) is 0 Å². The number of rotatable bonds is 4. The van der Waals surface area contributed by atoms with Gasteiger partial charge in [0.25, 0.3) is 0 Å². The largest absolute Gasteiger partial charge is 0.301 e. The number of hydrogen-bond acceptors (Lipinski definition) is 3. The molecule has 1 heterocycles. The molecule has 0 spiro atoms. The number of carbonyl (C=O) groups is 1. The first-order chi connectivity index (χ1) is 16.0. The molecular formula is C28H23FN2OS. The molecule has 3 aliphatic rings. The summed E-state index contributed by atoms with van der Waals surface area (Å²) in [5.41, 5.74) is 5.69. The van der Waals surface area contributed by atoms with Crippen molar-refractivity contribution in [1.82, 2.24) is 4.98 Å². The number of anilines is 1. The topological polar surface area (TPSA) is 42.0 Å². The third-order valence-electron chi connectivity index (χ3n) is 7.21. The Morgan fingerprint density at radius 3 is 2.24 bits per heavy atom. The summed E-state index contributed by atoms with van der Waals surface area (Å²) in [4.78, 5) is 19.2. The van der Waals surface area contributed by atoms with E-state index < -0.39 is 5.41 Å². The van der Waals surface area contributed by atoms with E-state index in [4.69, 9.17) is 0 Å². The Hall–Kier alpha value is -3.31. The normalized spacial score (nSPS) is 22.5. The highest BCUT2D eigenvalue weighted by molar-refractivity contribution is 7.15. The number of aromatic nitrogens is 1. The maximum Gasteiger partial charge on any atom is 0.233 e. The van der Waals surface area contributed by atoms with Crippen molar-refractivity contribution < 1.29 is 9.18 Å².